The maximum atomic E-state index is 11.8. The van der Waals surface area contributed by atoms with Crippen LogP contribution in [0.3, 0.4) is 0 Å². The van der Waals surface area contributed by atoms with Crippen molar-refractivity contribution in [2.24, 2.45) is 5.41 Å². The van der Waals surface area contributed by atoms with Crippen molar-refractivity contribution in [3.63, 3.8) is 0 Å². The predicted octanol–water partition coefficient (Wildman–Crippen LogP) is 2.84. The Labute approximate surface area is 116 Å². The van der Waals surface area contributed by atoms with E-state index >= 15 is 0 Å². The molecule has 1 aromatic rings. The molecule has 0 fully saturated rings. The molecule has 1 N–H and O–H groups in total. The standard InChI is InChI=1S/C11H16ClNO3S2/c1-4-11(2,3)7-13-10(14)8-5-9(17-6-8)18(12,15)16/h5-6H,4,7H2,1-3H3,(H,13,14). The van der Waals surface area contributed by atoms with Gasteiger partial charge in [-0.05, 0) is 17.9 Å². The summed E-state index contributed by atoms with van der Waals surface area (Å²) in [7, 11) is 1.45. The highest BCUT2D eigenvalue weighted by atomic mass is 35.7. The molecule has 0 saturated heterocycles. The van der Waals surface area contributed by atoms with E-state index in [2.05, 4.69) is 26.1 Å². The lowest BCUT2D eigenvalue weighted by Crippen LogP contribution is -2.33. The molecule has 1 heterocycles. The molecule has 0 radical (unpaired) electrons. The van der Waals surface area contributed by atoms with E-state index in [1.54, 1.807) is 0 Å². The molecular weight excluding hydrogens is 294 g/mol. The first kappa shape index (κ1) is 15.5. The van der Waals surface area contributed by atoms with Crippen LogP contribution >= 0.6 is 22.0 Å². The molecule has 0 aliphatic carbocycles. The van der Waals surface area contributed by atoms with Crippen LogP contribution in [-0.4, -0.2) is 20.9 Å². The van der Waals surface area contributed by atoms with E-state index in [9.17, 15) is 13.2 Å². The van der Waals surface area contributed by atoms with Crippen LogP contribution in [0.15, 0.2) is 15.7 Å². The van der Waals surface area contributed by atoms with Crippen LogP contribution in [0.1, 0.15) is 37.6 Å². The third-order valence-corrected chi connectivity index (χ3v) is 5.80. The van der Waals surface area contributed by atoms with Gasteiger partial charge in [-0.3, -0.25) is 4.79 Å². The van der Waals surface area contributed by atoms with Crippen LogP contribution in [0.25, 0.3) is 0 Å². The van der Waals surface area contributed by atoms with E-state index < -0.39 is 9.05 Å². The van der Waals surface area contributed by atoms with Gasteiger partial charge in [0.05, 0.1) is 5.56 Å². The number of halogens is 1. The lowest BCUT2D eigenvalue weighted by molar-refractivity contribution is 0.0936. The molecule has 102 valence electrons. The molecule has 1 rings (SSSR count). The highest BCUT2D eigenvalue weighted by Crippen LogP contribution is 2.24. The Morgan fingerprint density at radius 1 is 1.50 bits per heavy atom. The fraction of sp³-hybridized carbons (Fsp3) is 0.545. The topological polar surface area (TPSA) is 63.2 Å². The molecule has 7 heteroatoms. The zero-order chi connectivity index (χ0) is 14.0. The van der Waals surface area contributed by atoms with Crippen molar-refractivity contribution in [1.29, 1.82) is 0 Å². The summed E-state index contributed by atoms with van der Waals surface area (Å²) < 4.78 is 22.1. The van der Waals surface area contributed by atoms with E-state index in [0.29, 0.717) is 12.1 Å². The Morgan fingerprint density at radius 3 is 2.56 bits per heavy atom. The zero-order valence-corrected chi connectivity index (χ0v) is 12.9. The SMILES string of the molecule is CCC(C)(C)CNC(=O)c1csc(S(=O)(=O)Cl)c1. The molecular formula is C11H16ClNO3S2. The minimum Gasteiger partial charge on any atom is -0.351 e. The maximum Gasteiger partial charge on any atom is 0.270 e. The fourth-order valence-corrected chi connectivity index (χ4v) is 3.06. The Bertz CT molecular complexity index is 534. The predicted molar refractivity (Wildman–Crippen MR) is 73.8 cm³/mol. The zero-order valence-electron chi connectivity index (χ0n) is 10.5. The van der Waals surface area contributed by atoms with Gasteiger partial charge in [-0.15, -0.1) is 11.3 Å². The van der Waals surface area contributed by atoms with E-state index in [1.807, 2.05) is 0 Å². The number of rotatable bonds is 5. The van der Waals surface area contributed by atoms with Gasteiger partial charge in [0.1, 0.15) is 4.21 Å². The van der Waals surface area contributed by atoms with Crippen molar-refractivity contribution >= 4 is 37.0 Å². The summed E-state index contributed by atoms with van der Waals surface area (Å²) in [6.07, 6.45) is 0.943. The van der Waals surface area contributed by atoms with Gasteiger partial charge in [-0.1, -0.05) is 20.8 Å². The van der Waals surface area contributed by atoms with Crippen molar-refractivity contribution in [3.8, 4) is 0 Å². The minimum absolute atomic E-state index is 0.0101. The second-order valence-electron chi connectivity index (χ2n) is 4.79. The lowest BCUT2D eigenvalue weighted by atomic mass is 9.90. The summed E-state index contributed by atoms with van der Waals surface area (Å²) in [5.41, 5.74) is 0.346. The molecule has 0 aliphatic rings. The van der Waals surface area contributed by atoms with Gasteiger partial charge in [0.2, 0.25) is 0 Å². The van der Waals surface area contributed by atoms with Crippen LogP contribution in [0.2, 0.25) is 0 Å². The quantitative estimate of drug-likeness (QED) is 0.851. The lowest BCUT2D eigenvalue weighted by Gasteiger charge is -2.22. The number of nitrogens with one attached hydrogen (secondary N) is 1. The summed E-state index contributed by atoms with van der Waals surface area (Å²) in [6, 6.07) is 1.29. The second-order valence-corrected chi connectivity index (χ2v) is 8.50. The van der Waals surface area contributed by atoms with Gasteiger partial charge in [-0.25, -0.2) is 8.42 Å². The third-order valence-electron chi connectivity index (χ3n) is 2.76. The molecule has 0 aromatic carbocycles. The van der Waals surface area contributed by atoms with Gasteiger partial charge in [-0.2, -0.15) is 0 Å². The van der Waals surface area contributed by atoms with Crippen LogP contribution in [0, 0.1) is 5.41 Å². The normalized spacial score (nSPS) is 12.4. The molecule has 1 amide bonds. The largest absolute Gasteiger partial charge is 0.351 e. The maximum absolute atomic E-state index is 11.8. The molecule has 0 saturated carbocycles. The van der Waals surface area contributed by atoms with Crippen LogP contribution in [-0.2, 0) is 9.05 Å². The van der Waals surface area contributed by atoms with Gasteiger partial charge < -0.3 is 5.32 Å². The number of amides is 1. The van der Waals surface area contributed by atoms with Crippen molar-refractivity contribution in [1.82, 2.24) is 5.32 Å². The number of hydrogen-bond acceptors (Lipinski definition) is 4. The van der Waals surface area contributed by atoms with Crippen LogP contribution in [0.5, 0.6) is 0 Å². The Balaban J connectivity index is 2.72. The molecule has 0 bridgehead atoms. The van der Waals surface area contributed by atoms with E-state index in [4.69, 9.17) is 10.7 Å². The smallest absolute Gasteiger partial charge is 0.270 e. The van der Waals surface area contributed by atoms with Gasteiger partial charge in [0.25, 0.3) is 15.0 Å². The summed E-state index contributed by atoms with van der Waals surface area (Å²) in [5, 5.41) is 4.27. The number of thiophene rings is 1. The van der Waals surface area contributed by atoms with Gasteiger partial charge in [0, 0.05) is 22.6 Å². The first-order valence-electron chi connectivity index (χ1n) is 5.47. The molecule has 4 nitrogen and oxygen atoms in total. The molecule has 0 unspecified atom stereocenters. The summed E-state index contributed by atoms with van der Waals surface area (Å²) in [5.74, 6) is -0.278. The Hall–Kier alpha value is -0.590. The Kier molecular flexibility index (Phi) is 4.80. The molecule has 0 spiro atoms. The molecule has 0 aliphatic heterocycles. The summed E-state index contributed by atoms with van der Waals surface area (Å²) in [6.45, 7) is 6.70. The van der Waals surface area contributed by atoms with Crippen molar-refractivity contribution in [3.05, 3.63) is 17.0 Å². The van der Waals surface area contributed by atoms with E-state index in [-0.39, 0.29) is 15.5 Å². The first-order chi connectivity index (χ1) is 8.15. The summed E-state index contributed by atoms with van der Waals surface area (Å²) in [4.78, 5) is 11.8. The average molecular weight is 310 g/mol. The van der Waals surface area contributed by atoms with Crippen molar-refractivity contribution in [2.45, 2.75) is 31.4 Å². The first-order valence-corrected chi connectivity index (χ1v) is 8.66. The monoisotopic (exact) mass is 309 g/mol. The Morgan fingerprint density at radius 2 is 2.11 bits per heavy atom. The highest BCUT2D eigenvalue weighted by molar-refractivity contribution is 8.15. The van der Waals surface area contributed by atoms with Gasteiger partial charge >= 0.3 is 0 Å². The second kappa shape index (κ2) is 5.59. The van der Waals surface area contributed by atoms with Crippen LogP contribution in [0.4, 0.5) is 0 Å². The van der Waals surface area contributed by atoms with Crippen LogP contribution < -0.4 is 5.32 Å². The fourth-order valence-electron chi connectivity index (χ4n) is 1.11. The number of carbonyl (C=O) groups excluding carboxylic acids is 1. The highest BCUT2D eigenvalue weighted by Gasteiger charge is 2.19. The van der Waals surface area contributed by atoms with Crippen molar-refractivity contribution < 1.29 is 13.2 Å². The molecule has 18 heavy (non-hydrogen) atoms. The van der Waals surface area contributed by atoms with E-state index in [1.165, 1.54) is 11.4 Å². The van der Waals surface area contributed by atoms with Crippen molar-refractivity contribution in [2.75, 3.05) is 6.54 Å². The molecule has 1 aromatic heterocycles. The minimum atomic E-state index is -3.75. The van der Waals surface area contributed by atoms with E-state index in [0.717, 1.165) is 17.8 Å². The average Bonchev–Trinajstić information content (AvgIpc) is 2.75. The van der Waals surface area contributed by atoms with Gasteiger partial charge in [0.15, 0.2) is 0 Å². The number of hydrogen-bond donors (Lipinski definition) is 1. The number of carbonyl (C=O) groups is 1. The molecule has 0 atom stereocenters. The third kappa shape index (κ3) is 4.26. The summed E-state index contributed by atoms with van der Waals surface area (Å²) >= 11 is 0.943.